The average Bonchev–Trinajstić information content (AvgIpc) is 2.55. The Kier molecular flexibility index (Phi) is 4.10. The number of piperazine rings is 1. The molecule has 0 unspecified atom stereocenters. The van der Waals surface area contributed by atoms with Gasteiger partial charge in [0.2, 0.25) is 0 Å². The van der Waals surface area contributed by atoms with Crippen LogP contribution >= 0.6 is 0 Å². The molecule has 1 spiro atoms. The number of nitrogens with one attached hydrogen (secondary N) is 1. The molecule has 0 aromatic carbocycles. The van der Waals surface area contributed by atoms with Crippen molar-refractivity contribution in [3.63, 3.8) is 0 Å². The second-order valence-corrected chi connectivity index (χ2v) is 6.00. The third-order valence-corrected chi connectivity index (χ3v) is 4.77. The molecule has 0 atom stereocenters. The number of carbonyl (C=O) groups is 1. The maximum Gasteiger partial charge on any atom is 0.356 e. The number of pyridine rings is 1. The van der Waals surface area contributed by atoms with Gasteiger partial charge in [-0.3, -0.25) is 0 Å². The summed E-state index contributed by atoms with van der Waals surface area (Å²) in [5.41, 5.74) is 1.68. The monoisotopic (exact) mass is 289 g/mol. The highest BCUT2D eigenvalue weighted by atomic mass is 16.5. The maximum absolute atomic E-state index is 11.7. The molecule has 114 valence electrons. The number of methoxy groups -OCH3 is 1. The number of rotatable bonds is 2. The number of hydrogen-bond donors (Lipinski definition) is 1. The smallest absolute Gasteiger partial charge is 0.356 e. The van der Waals surface area contributed by atoms with E-state index < -0.39 is 0 Å². The van der Waals surface area contributed by atoms with Crippen molar-refractivity contribution < 1.29 is 9.53 Å². The number of aromatic nitrogens is 1. The van der Waals surface area contributed by atoms with E-state index in [9.17, 15) is 4.79 Å². The van der Waals surface area contributed by atoms with Crippen LogP contribution in [0.1, 0.15) is 42.6 Å². The van der Waals surface area contributed by atoms with E-state index in [1.807, 2.05) is 12.1 Å². The van der Waals surface area contributed by atoms with Crippen LogP contribution in [-0.4, -0.2) is 43.2 Å². The Morgan fingerprint density at radius 2 is 2.19 bits per heavy atom. The van der Waals surface area contributed by atoms with Gasteiger partial charge in [0.1, 0.15) is 5.69 Å². The first kappa shape index (κ1) is 14.3. The lowest BCUT2D eigenvalue weighted by Crippen LogP contribution is -2.62. The summed E-state index contributed by atoms with van der Waals surface area (Å²) in [7, 11) is 1.39. The highest BCUT2D eigenvalue weighted by Gasteiger charge is 2.39. The zero-order valence-electron chi connectivity index (χ0n) is 12.6. The van der Waals surface area contributed by atoms with Crippen LogP contribution in [0.3, 0.4) is 0 Å². The van der Waals surface area contributed by atoms with Crippen molar-refractivity contribution in [2.75, 3.05) is 31.6 Å². The molecule has 3 rings (SSSR count). The van der Waals surface area contributed by atoms with Crippen molar-refractivity contribution in [3.05, 3.63) is 24.0 Å². The van der Waals surface area contributed by atoms with Crippen molar-refractivity contribution >= 4 is 11.7 Å². The Hall–Kier alpha value is -1.62. The summed E-state index contributed by atoms with van der Waals surface area (Å²) < 4.78 is 4.78. The zero-order valence-corrected chi connectivity index (χ0v) is 12.6. The third-order valence-electron chi connectivity index (χ3n) is 4.77. The minimum absolute atomic E-state index is 0.200. The quantitative estimate of drug-likeness (QED) is 0.844. The van der Waals surface area contributed by atoms with Crippen LogP contribution in [0.25, 0.3) is 0 Å². The van der Waals surface area contributed by atoms with Gasteiger partial charge in [0, 0.05) is 31.5 Å². The highest BCUT2D eigenvalue weighted by Crippen LogP contribution is 2.37. The van der Waals surface area contributed by atoms with Gasteiger partial charge in [-0.1, -0.05) is 19.3 Å². The summed E-state index contributed by atoms with van der Waals surface area (Å²) in [6.45, 7) is 2.99. The summed E-state index contributed by atoms with van der Waals surface area (Å²) >= 11 is 0. The van der Waals surface area contributed by atoms with E-state index in [0.717, 1.165) is 25.3 Å². The number of anilines is 1. The Balaban J connectivity index is 1.91. The average molecular weight is 289 g/mol. The van der Waals surface area contributed by atoms with Crippen molar-refractivity contribution in [1.82, 2.24) is 10.3 Å². The van der Waals surface area contributed by atoms with Crippen LogP contribution in [0.4, 0.5) is 5.69 Å². The van der Waals surface area contributed by atoms with Crippen molar-refractivity contribution in [2.45, 2.75) is 37.6 Å². The molecular weight excluding hydrogens is 266 g/mol. The van der Waals surface area contributed by atoms with Crippen LogP contribution in [0.2, 0.25) is 0 Å². The van der Waals surface area contributed by atoms with E-state index >= 15 is 0 Å². The predicted octanol–water partition coefficient (Wildman–Crippen LogP) is 1.98. The van der Waals surface area contributed by atoms with Gasteiger partial charge in [0.05, 0.1) is 12.6 Å². The van der Waals surface area contributed by atoms with Crippen LogP contribution in [0, 0.1) is 0 Å². The molecule has 1 aliphatic heterocycles. The Labute approximate surface area is 125 Å². The van der Waals surface area contributed by atoms with E-state index in [1.54, 1.807) is 6.20 Å². The standard InChI is InChI=1S/C16H23N3O2/c1-21-15(20)14-11-13(5-8-18-14)19-10-9-17-12-16(19)6-3-2-4-7-16/h5,8,11,17H,2-4,6-7,9-10,12H2,1H3. The van der Waals surface area contributed by atoms with Crippen molar-refractivity contribution in [2.24, 2.45) is 0 Å². The lowest BCUT2D eigenvalue weighted by Gasteiger charge is -2.51. The Bertz CT molecular complexity index is 504. The van der Waals surface area contributed by atoms with Gasteiger partial charge in [-0.15, -0.1) is 0 Å². The van der Waals surface area contributed by atoms with Gasteiger partial charge in [-0.2, -0.15) is 0 Å². The second-order valence-electron chi connectivity index (χ2n) is 6.00. The summed E-state index contributed by atoms with van der Waals surface area (Å²) in [5.74, 6) is -0.371. The van der Waals surface area contributed by atoms with Crippen LogP contribution in [-0.2, 0) is 4.74 Å². The molecule has 2 heterocycles. The molecule has 21 heavy (non-hydrogen) atoms. The van der Waals surface area contributed by atoms with Gasteiger partial charge in [0.25, 0.3) is 0 Å². The van der Waals surface area contributed by atoms with E-state index in [4.69, 9.17) is 4.74 Å². The molecule has 0 bridgehead atoms. The largest absolute Gasteiger partial charge is 0.464 e. The lowest BCUT2D eigenvalue weighted by atomic mass is 9.78. The predicted molar refractivity (Wildman–Crippen MR) is 81.6 cm³/mol. The second kappa shape index (κ2) is 6.02. The fraction of sp³-hybridized carbons (Fsp3) is 0.625. The zero-order chi connectivity index (χ0) is 14.7. The Morgan fingerprint density at radius 1 is 1.38 bits per heavy atom. The van der Waals surface area contributed by atoms with Gasteiger partial charge in [-0.05, 0) is 25.0 Å². The minimum Gasteiger partial charge on any atom is -0.464 e. The number of ether oxygens (including phenoxy) is 1. The van der Waals surface area contributed by atoms with Gasteiger partial charge >= 0.3 is 5.97 Å². The molecule has 1 saturated carbocycles. The molecule has 0 radical (unpaired) electrons. The molecule has 1 aromatic heterocycles. The molecule has 1 aromatic rings. The van der Waals surface area contributed by atoms with Crippen LogP contribution < -0.4 is 10.2 Å². The van der Waals surface area contributed by atoms with Gasteiger partial charge in [-0.25, -0.2) is 9.78 Å². The fourth-order valence-electron chi connectivity index (χ4n) is 3.71. The lowest BCUT2D eigenvalue weighted by molar-refractivity contribution is 0.0594. The van der Waals surface area contributed by atoms with E-state index in [0.29, 0.717) is 5.69 Å². The molecule has 2 fully saturated rings. The molecule has 0 amide bonds. The number of hydrogen-bond acceptors (Lipinski definition) is 5. The van der Waals surface area contributed by atoms with Gasteiger partial charge < -0.3 is 15.0 Å². The minimum atomic E-state index is -0.371. The van der Waals surface area contributed by atoms with Crippen molar-refractivity contribution in [1.29, 1.82) is 0 Å². The number of carbonyl (C=O) groups excluding carboxylic acids is 1. The van der Waals surface area contributed by atoms with E-state index in [1.165, 1.54) is 39.2 Å². The first-order chi connectivity index (χ1) is 10.2. The molecule has 5 heteroatoms. The van der Waals surface area contributed by atoms with E-state index in [-0.39, 0.29) is 11.5 Å². The number of nitrogens with zero attached hydrogens (tertiary/aromatic N) is 2. The summed E-state index contributed by atoms with van der Waals surface area (Å²) in [6, 6.07) is 3.88. The summed E-state index contributed by atoms with van der Waals surface area (Å²) in [6.07, 6.45) is 8.05. The molecular formula is C16H23N3O2. The van der Waals surface area contributed by atoms with Gasteiger partial charge in [0.15, 0.2) is 0 Å². The van der Waals surface area contributed by atoms with Crippen molar-refractivity contribution in [3.8, 4) is 0 Å². The summed E-state index contributed by atoms with van der Waals surface area (Å²) in [5, 5.41) is 3.54. The molecule has 5 nitrogen and oxygen atoms in total. The first-order valence-corrected chi connectivity index (χ1v) is 7.78. The highest BCUT2D eigenvalue weighted by molar-refractivity contribution is 5.88. The molecule has 2 aliphatic rings. The van der Waals surface area contributed by atoms with Crippen LogP contribution in [0.5, 0.6) is 0 Å². The van der Waals surface area contributed by atoms with E-state index in [2.05, 4.69) is 15.2 Å². The maximum atomic E-state index is 11.7. The molecule has 1 N–H and O–H groups in total. The topological polar surface area (TPSA) is 54.5 Å². The first-order valence-electron chi connectivity index (χ1n) is 7.78. The Morgan fingerprint density at radius 3 is 2.95 bits per heavy atom. The normalized spacial score (nSPS) is 21.3. The third kappa shape index (κ3) is 2.75. The molecule has 1 saturated heterocycles. The summed E-state index contributed by atoms with van der Waals surface area (Å²) in [4.78, 5) is 18.3. The SMILES string of the molecule is COC(=O)c1cc(N2CCNCC23CCCCC3)ccn1. The number of esters is 1. The van der Waals surface area contributed by atoms with Crippen LogP contribution in [0.15, 0.2) is 18.3 Å². The molecule has 1 aliphatic carbocycles. The fourth-order valence-corrected chi connectivity index (χ4v) is 3.71.